The number of fused-ring (bicyclic) bond motifs is 1. The summed E-state index contributed by atoms with van der Waals surface area (Å²) in [5, 5.41) is 11.6. The zero-order chi connectivity index (χ0) is 16.7. The highest BCUT2D eigenvalue weighted by Crippen LogP contribution is 2.62. The van der Waals surface area contributed by atoms with Crippen molar-refractivity contribution in [2.75, 3.05) is 54.4 Å². The topological polar surface area (TPSA) is 46.5 Å². The Hall–Kier alpha value is -0.910. The van der Waals surface area contributed by atoms with E-state index in [0.717, 1.165) is 47.2 Å². The number of hydrogen-bond acceptors (Lipinski definition) is 3. The first-order chi connectivity index (χ1) is 10.6. The molecule has 5 nitrogen and oxygen atoms in total. The van der Waals surface area contributed by atoms with Crippen molar-refractivity contribution in [3.8, 4) is 0 Å². The summed E-state index contributed by atoms with van der Waals surface area (Å²) in [6.45, 7) is 3.48. The fourth-order valence-electron chi connectivity index (χ4n) is 5.55. The summed E-state index contributed by atoms with van der Waals surface area (Å²) < 4.78 is 8.00. The average Bonchev–Trinajstić information content (AvgIpc) is 2.72. The predicted octanol–water partition coefficient (Wildman–Crippen LogP) is 0.885. The molecule has 0 unspecified atom stereocenters. The molecule has 23 heavy (non-hydrogen) atoms. The van der Waals surface area contributed by atoms with Crippen molar-refractivity contribution in [1.29, 1.82) is 0 Å². The molecule has 0 aromatic carbocycles. The molecule has 1 saturated heterocycles. The van der Waals surface area contributed by atoms with Crippen LogP contribution in [0.15, 0.2) is 11.3 Å². The molecule has 4 aliphatic rings. The van der Waals surface area contributed by atoms with Gasteiger partial charge in [-0.25, -0.2) is 0 Å². The van der Waals surface area contributed by atoms with Crippen molar-refractivity contribution < 1.29 is 23.6 Å². The molecule has 0 amide bonds. The molecule has 3 atom stereocenters. The minimum atomic E-state index is -1.19. The number of nitrogens with zero attached hydrogens (tertiary/aromatic N) is 2. The van der Waals surface area contributed by atoms with Crippen molar-refractivity contribution in [2.24, 2.45) is 11.3 Å². The van der Waals surface area contributed by atoms with Crippen LogP contribution in [-0.2, 0) is 9.53 Å². The van der Waals surface area contributed by atoms with Crippen LogP contribution in [0.25, 0.3) is 0 Å². The van der Waals surface area contributed by atoms with Crippen molar-refractivity contribution in [1.82, 2.24) is 0 Å². The number of likely N-dealkylation sites (tertiary alicyclic amines) is 1. The molecule has 3 heterocycles. The lowest BCUT2D eigenvalue weighted by Crippen LogP contribution is -2.70. The zero-order valence-electron chi connectivity index (χ0n) is 14.9. The molecule has 5 heteroatoms. The molecule has 0 bridgehead atoms. The van der Waals surface area contributed by atoms with E-state index in [1.807, 2.05) is 0 Å². The van der Waals surface area contributed by atoms with Gasteiger partial charge in [0.05, 0.1) is 46.7 Å². The molecule has 128 valence electrons. The number of carbonyl (C=O) groups is 1. The number of ether oxygens (including phenoxy) is 1. The summed E-state index contributed by atoms with van der Waals surface area (Å²) in [7, 11) is 8.70. The molecule has 0 radical (unpaired) electrons. The van der Waals surface area contributed by atoms with Crippen LogP contribution in [-0.4, -0.2) is 80.0 Å². The van der Waals surface area contributed by atoms with Gasteiger partial charge >= 0.3 is 0 Å². The molecule has 0 aromatic heterocycles. The van der Waals surface area contributed by atoms with E-state index in [2.05, 4.69) is 28.2 Å². The van der Waals surface area contributed by atoms with Crippen LogP contribution in [0.3, 0.4) is 0 Å². The second-order valence-electron chi connectivity index (χ2n) is 9.60. The smallest absolute Gasteiger partial charge is 0.264 e. The van der Waals surface area contributed by atoms with E-state index in [0.29, 0.717) is 25.2 Å². The summed E-state index contributed by atoms with van der Waals surface area (Å²) in [4.78, 5) is 12.4. The second-order valence-corrected chi connectivity index (χ2v) is 9.60. The molecule has 1 spiro atoms. The van der Waals surface area contributed by atoms with E-state index in [4.69, 9.17) is 4.74 Å². The van der Waals surface area contributed by atoms with Crippen molar-refractivity contribution in [2.45, 2.75) is 31.5 Å². The Bertz CT molecular complexity index is 609. The third-order valence-corrected chi connectivity index (χ3v) is 6.82. The quantitative estimate of drug-likeness (QED) is 0.674. The van der Waals surface area contributed by atoms with E-state index in [9.17, 15) is 9.90 Å². The van der Waals surface area contributed by atoms with Crippen LogP contribution >= 0.6 is 0 Å². The van der Waals surface area contributed by atoms with Gasteiger partial charge in [-0.2, -0.15) is 0 Å². The van der Waals surface area contributed by atoms with Gasteiger partial charge in [0.2, 0.25) is 0 Å². The van der Waals surface area contributed by atoms with Gasteiger partial charge in [-0.05, 0) is 5.57 Å². The van der Waals surface area contributed by atoms with Gasteiger partial charge < -0.3 is 18.8 Å². The van der Waals surface area contributed by atoms with Crippen LogP contribution in [0.5, 0.6) is 0 Å². The van der Waals surface area contributed by atoms with Crippen LogP contribution in [0.2, 0.25) is 0 Å². The second kappa shape index (κ2) is 4.38. The largest absolute Gasteiger partial charge is 0.454 e. The molecule has 1 saturated carbocycles. The monoisotopic (exact) mass is 322 g/mol. The third kappa shape index (κ3) is 2.13. The lowest BCUT2D eigenvalue weighted by molar-refractivity contribution is -0.912. The summed E-state index contributed by atoms with van der Waals surface area (Å²) in [5.41, 5.74) is 0.954. The Morgan fingerprint density at radius 1 is 1.17 bits per heavy atom. The SMILES string of the molecule is C[N+]1(C)CCC2=C(C1)O[C@@]1(O)C[N+](C)(C)CC[C@]13CC(=O)C[C@H]23. The summed E-state index contributed by atoms with van der Waals surface area (Å²) in [6.07, 6.45) is 2.97. The normalized spacial score (nSPS) is 44.2. The Morgan fingerprint density at radius 2 is 1.91 bits per heavy atom. The number of hydrogen-bond donors (Lipinski definition) is 1. The summed E-state index contributed by atoms with van der Waals surface area (Å²) >= 11 is 0. The van der Waals surface area contributed by atoms with Gasteiger partial charge in [0.25, 0.3) is 5.79 Å². The Kier molecular flexibility index (Phi) is 2.97. The van der Waals surface area contributed by atoms with Crippen molar-refractivity contribution in [3.05, 3.63) is 11.3 Å². The van der Waals surface area contributed by atoms with Gasteiger partial charge in [-0.15, -0.1) is 0 Å². The maximum absolute atomic E-state index is 12.4. The van der Waals surface area contributed by atoms with Gasteiger partial charge in [0, 0.05) is 31.6 Å². The highest BCUT2D eigenvalue weighted by atomic mass is 16.6. The van der Waals surface area contributed by atoms with Crippen LogP contribution in [0.1, 0.15) is 25.7 Å². The molecule has 3 aliphatic heterocycles. The highest BCUT2D eigenvalue weighted by Gasteiger charge is 2.69. The number of Topliss-reactive ketones (excluding diaryl/α,β-unsaturated/α-hetero) is 1. The minimum Gasteiger partial charge on any atom is -0.454 e. The van der Waals surface area contributed by atoms with Crippen molar-refractivity contribution in [3.63, 3.8) is 0 Å². The standard InChI is InChI=1S/C18H30N2O3/c1-19(2)7-5-14-15-9-13(21)10-17(15)6-8-20(3,4)12-18(17,22)23-16(14)11-19/h15,22H,5-12H2,1-4H3/q+2/t15-,17-,18+/m1/s1. The highest BCUT2D eigenvalue weighted by molar-refractivity contribution is 5.83. The van der Waals surface area contributed by atoms with Gasteiger partial charge in [-0.3, -0.25) is 4.79 Å². The van der Waals surface area contributed by atoms with E-state index in [1.54, 1.807) is 0 Å². The molecule has 0 aromatic rings. The number of aliphatic hydroxyl groups is 1. The Labute approximate surface area is 138 Å². The Morgan fingerprint density at radius 3 is 2.65 bits per heavy atom. The van der Waals surface area contributed by atoms with Crippen LogP contribution in [0, 0.1) is 11.3 Å². The van der Waals surface area contributed by atoms with Gasteiger partial charge in [-0.1, -0.05) is 0 Å². The van der Waals surface area contributed by atoms with E-state index < -0.39 is 5.79 Å². The minimum absolute atomic E-state index is 0.198. The van der Waals surface area contributed by atoms with Crippen LogP contribution < -0.4 is 0 Å². The molecule has 1 aliphatic carbocycles. The number of ketones is 1. The third-order valence-electron chi connectivity index (χ3n) is 6.82. The predicted molar refractivity (Wildman–Crippen MR) is 86.1 cm³/mol. The zero-order valence-corrected chi connectivity index (χ0v) is 14.9. The number of likely N-dealkylation sites (N-methyl/N-ethyl adjacent to an activating group) is 2. The van der Waals surface area contributed by atoms with E-state index in [-0.39, 0.29) is 11.3 Å². The maximum atomic E-state index is 12.4. The molecule has 2 fully saturated rings. The number of piperidine rings is 1. The molecular formula is C18H30N2O3+2. The summed E-state index contributed by atoms with van der Waals surface area (Å²) in [5.74, 6) is 0.282. The Balaban J connectivity index is 1.82. The first kappa shape index (κ1) is 15.6. The van der Waals surface area contributed by atoms with E-state index in [1.165, 1.54) is 5.57 Å². The molecular weight excluding hydrogens is 292 g/mol. The van der Waals surface area contributed by atoms with Gasteiger partial charge in [0.15, 0.2) is 5.76 Å². The molecule has 1 N–H and O–H groups in total. The average molecular weight is 322 g/mol. The number of quaternary nitrogens is 2. The number of rotatable bonds is 0. The number of carbonyl (C=O) groups excluding carboxylic acids is 1. The van der Waals surface area contributed by atoms with E-state index >= 15 is 0 Å². The first-order valence-electron chi connectivity index (χ1n) is 8.85. The summed E-state index contributed by atoms with van der Waals surface area (Å²) in [6, 6.07) is 0. The fraction of sp³-hybridized carbons (Fsp3) is 0.833. The lowest BCUT2D eigenvalue weighted by Gasteiger charge is -2.58. The lowest BCUT2D eigenvalue weighted by atomic mass is 9.61. The van der Waals surface area contributed by atoms with Gasteiger partial charge in [0.1, 0.15) is 18.9 Å². The van der Waals surface area contributed by atoms with Crippen molar-refractivity contribution >= 4 is 5.78 Å². The first-order valence-corrected chi connectivity index (χ1v) is 8.85. The fourth-order valence-corrected chi connectivity index (χ4v) is 5.55. The molecule has 4 rings (SSSR count). The maximum Gasteiger partial charge on any atom is 0.264 e. The van der Waals surface area contributed by atoms with Crippen LogP contribution in [0.4, 0.5) is 0 Å².